The molecule has 9 nitrogen and oxygen atoms in total. The SMILES string of the molecule is C[C@H](O)CN(C(=O)OCc1ccc(N)cc1)[C@H](CCO)c1ccc(C(=O)Nc2ccccc2N)cc1. The second-order valence-corrected chi connectivity index (χ2v) is 8.49. The van der Waals surface area contributed by atoms with Gasteiger partial charge in [-0.15, -0.1) is 0 Å². The van der Waals surface area contributed by atoms with Gasteiger partial charge >= 0.3 is 6.09 Å². The van der Waals surface area contributed by atoms with Crippen molar-refractivity contribution in [1.29, 1.82) is 0 Å². The lowest BCUT2D eigenvalue weighted by Crippen LogP contribution is -2.40. The number of hydrogen-bond acceptors (Lipinski definition) is 7. The van der Waals surface area contributed by atoms with E-state index in [1.54, 1.807) is 79.7 Å². The Morgan fingerprint density at radius 2 is 1.67 bits per heavy atom. The van der Waals surface area contributed by atoms with Crippen molar-refractivity contribution < 1.29 is 24.5 Å². The summed E-state index contributed by atoms with van der Waals surface area (Å²) in [5.74, 6) is -0.332. The number of para-hydroxylation sites is 2. The molecule has 2 amide bonds. The van der Waals surface area contributed by atoms with E-state index in [0.29, 0.717) is 28.2 Å². The fourth-order valence-corrected chi connectivity index (χ4v) is 3.74. The summed E-state index contributed by atoms with van der Waals surface area (Å²) in [6, 6.07) is 20.0. The molecule has 0 heterocycles. The van der Waals surface area contributed by atoms with Crippen molar-refractivity contribution in [3.8, 4) is 0 Å². The number of nitrogens with one attached hydrogen (secondary N) is 1. The van der Waals surface area contributed by atoms with Gasteiger partial charge in [0.15, 0.2) is 0 Å². The van der Waals surface area contributed by atoms with Crippen LogP contribution in [0.2, 0.25) is 0 Å². The molecule has 3 rings (SSSR count). The van der Waals surface area contributed by atoms with E-state index in [1.807, 2.05) is 0 Å². The molecule has 0 unspecified atom stereocenters. The Kier molecular flexibility index (Phi) is 9.26. The second kappa shape index (κ2) is 12.6. The average Bonchev–Trinajstić information content (AvgIpc) is 2.87. The Bertz CT molecular complexity index is 1150. The van der Waals surface area contributed by atoms with Gasteiger partial charge in [0.25, 0.3) is 5.91 Å². The molecule has 0 saturated heterocycles. The lowest BCUT2D eigenvalue weighted by molar-refractivity contribution is 0.0496. The highest BCUT2D eigenvalue weighted by Gasteiger charge is 2.27. The normalized spacial score (nSPS) is 12.4. The predicted octanol–water partition coefficient (Wildman–Crippen LogP) is 3.55. The van der Waals surface area contributed by atoms with Crippen molar-refractivity contribution >= 4 is 29.1 Å². The molecule has 0 aliphatic heterocycles. The van der Waals surface area contributed by atoms with E-state index >= 15 is 0 Å². The Balaban J connectivity index is 1.76. The van der Waals surface area contributed by atoms with Gasteiger partial charge in [0.1, 0.15) is 6.61 Å². The van der Waals surface area contributed by atoms with Crippen molar-refractivity contribution in [3.05, 3.63) is 89.5 Å². The molecule has 36 heavy (non-hydrogen) atoms. The van der Waals surface area contributed by atoms with E-state index in [0.717, 1.165) is 5.56 Å². The molecule has 9 heteroatoms. The Morgan fingerprint density at radius 3 is 2.28 bits per heavy atom. The molecule has 0 aliphatic rings. The van der Waals surface area contributed by atoms with E-state index in [2.05, 4.69) is 5.32 Å². The van der Waals surface area contributed by atoms with Gasteiger partial charge in [0, 0.05) is 17.9 Å². The van der Waals surface area contributed by atoms with E-state index in [-0.39, 0.29) is 32.1 Å². The largest absolute Gasteiger partial charge is 0.445 e. The van der Waals surface area contributed by atoms with Gasteiger partial charge in [-0.3, -0.25) is 9.69 Å². The van der Waals surface area contributed by atoms with E-state index in [1.165, 1.54) is 4.90 Å². The molecule has 0 aromatic heterocycles. The van der Waals surface area contributed by atoms with Crippen molar-refractivity contribution in [3.63, 3.8) is 0 Å². The lowest BCUT2D eigenvalue weighted by atomic mass is 10.00. The van der Waals surface area contributed by atoms with Crippen LogP contribution in [0.25, 0.3) is 0 Å². The third-order valence-corrected chi connectivity index (χ3v) is 5.58. The zero-order valence-corrected chi connectivity index (χ0v) is 20.1. The molecule has 0 saturated carbocycles. The highest BCUT2D eigenvalue weighted by molar-refractivity contribution is 6.05. The topological polar surface area (TPSA) is 151 Å². The van der Waals surface area contributed by atoms with Crippen molar-refractivity contribution in [2.24, 2.45) is 0 Å². The van der Waals surface area contributed by atoms with Gasteiger partial charge in [-0.2, -0.15) is 0 Å². The first-order valence-corrected chi connectivity index (χ1v) is 11.6. The smallest absolute Gasteiger partial charge is 0.410 e. The molecule has 0 spiro atoms. The number of hydrogen-bond donors (Lipinski definition) is 5. The maximum absolute atomic E-state index is 13.0. The average molecular weight is 493 g/mol. The van der Waals surface area contributed by atoms with Gasteiger partial charge in [0.2, 0.25) is 0 Å². The van der Waals surface area contributed by atoms with Gasteiger partial charge in [-0.25, -0.2) is 4.79 Å². The molecular weight excluding hydrogens is 460 g/mol. The fraction of sp³-hybridized carbons (Fsp3) is 0.259. The van der Waals surface area contributed by atoms with Crippen LogP contribution < -0.4 is 16.8 Å². The van der Waals surface area contributed by atoms with Crippen molar-refractivity contribution in [1.82, 2.24) is 4.90 Å². The summed E-state index contributed by atoms with van der Waals surface area (Å²) >= 11 is 0. The summed E-state index contributed by atoms with van der Waals surface area (Å²) < 4.78 is 5.50. The number of amides is 2. The summed E-state index contributed by atoms with van der Waals surface area (Å²) in [7, 11) is 0. The number of aliphatic hydroxyl groups is 2. The minimum Gasteiger partial charge on any atom is -0.445 e. The number of nitrogens with zero attached hydrogens (tertiary/aromatic N) is 1. The minimum absolute atomic E-state index is 0.000753. The van der Waals surface area contributed by atoms with Crippen LogP contribution in [0.15, 0.2) is 72.8 Å². The number of nitrogens with two attached hydrogens (primary N) is 2. The molecule has 3 aromatic carbocycles. The zero-order chi connectivity index (χ0) is 26.1. The molecule has 0 aliphatic carbocycles. The molecule has 7 N–H and O–H groups in total. The van der Waals surface area contributed by atoms with Crippen LogP contribution in [0, 0.1) is 0 Å². The first kappa shape index (κ1) is 26.5. The molecule has 0 bridgehead atoms. The van der Waals surface area contributed by atoms with Crippen LogP contribution in [-0.4, -0.2) is 46.4 Å². The van der Waals surface area contributed by atoms with Gasteiger partial charge < -0.3 is 31.7 Å². The van der Waals surface area contributed by atoms with Gasteiger partial charge in [0.05, 0.1) is 30.1 Å². The zero-order valence-electron chi connectivity index (χ0n) is 20.1. The summed E-state index contributed by atoms with van der Waals surface area (Å²) in [4.78, 5) is 27.1. The number of ether oxygens (including phenoxy) is 1. The van der Waals surface area contributed by atoms with E-state index < -0.39 is 18.2 Å². The quantitative estimate of drug-likeness (QED) is 0.272. The molecule has 190 valence electrons. The summed E-state index contributed by atoms with van der Waals surface area (Å²) in [6.07, 6.45) is -1.24. The number of rotatable bonds is 10. The van der Waals surface area contributed by atoms with Crippen molar-refractivity contribution in [2.45, 2.75) is 32.1 Å². The summed E-state index contributed by atoms with van der Waals surface area (Å²) in [5.41, 5.74) is 15.0. The van der Waals surface area contributed by atoms with Crippen LogP contribution in [0.5, 0.6) is 0 Å². The number of carbonyl (C=O) groups is 2. The Labute approximate surface area is 210 Å². The maximum Gasteiger partial charge on any atom is 0.410 e. The Hall–Kier alpha value is -4.08. The number of benzene rings is 3. The van der Waals surface area contributed by atoms with Crippen LogP contribution in [0.1, 0.15) is 40.9 Å². The fourth-order valence-electron chi connectivity index (χ4n) is 3.74. The molecule has 0 radical (unpaired) electrons. The lowest BCUT2D eigenvalue weighted by Gasteiger charge is -2.32. The standard InChI is InChI=1S/C27H32N4O5/c1-18(33)16-31(27(35)36-17-19-6-12-22(28)13-7-19)25(14-15-32)20-8-10-21(11-9-20)26(34)30-24-5-3-2-4-23(24)29/h2-13,18,25,32-33H,14-17,28-29H2,1H3,(H,30,34)/t18-,25+/m0/s1. The van der Waals surface area contributed by atoms with E-state index in [4.69, 9.17) is 16.2 Å². The molecular formula is C27H32N4O5. The monoisotopic (exact) mass is 492 g/mol. The van der Waals surface area contributed by atoms with Crippen LogP contribution in [0.3, 0.4) is 0 Å². The number of carbonyl (C=O) groups excluding carboxylic acids is 2. The first-order valence-electron chi connectivity index (χ1n) is 11.6. The third-order valence-electron chi connectivity index (χ3n) is 5.58. The summed E-state index contributed by atoms with van der Waals surface area (Å²) in [5, 5.41) is 22.5. The van der Waals surface area contributed by atoms with Crippen LogP contribution >= 0.6 is 0 Å². The van der Waals surface area contributed by atoms with Crippen LogP contribution in [0.4, 0.5) is 21.9 Å². The van der Waals surface area contributed by atoms with Gasteiger partial charge in [-0.05, 0) is 60.9 Å². The number of aliphatic hydroxyl groups excluding tert-OH is 2. The first-order chi connectivity index (χ1) is 17.3. The predicted molar refractivity (Wildman–Crippen MR) is 139 cm³/mol. The molecule has 0 fully saturated rings. The third kappa shape index (κ3) is 7.21. The van der Waals surface area contributed by atoms with Crippen LogP contribution in [-0.2, 0) is 11.3 Å². The summed E-state index contributed by atoms with van der Waals surface area (Å²) in [6.45, 7) is 1.41. The minimum atomic E-state index is -0.823. The van der Waals surface area contributed by atoms with Gasteiger partial charge in [-0.1, -0.05) is 36.4 Å². The maximum atomic E-state index is 13.0. The number of nitrogen functional groups attached to an aromatic ring is 2. The number of anilines is 3. The molecule has 2 atom stereocenters. The highest BCUT2D eigenvalue weighted by atomic mass is 16.6. The molecule has 3 aromatic rings. The Morgan fingerprint density at radius 1 is 1.00 bits per heavy atom. The van der Waals surface area contributed by atoms with Crippen molar-refractivity contribution in [2.75, 3.05) is 29.9 Å². The highest BCUT2D eigenvalue weighted by Crippen LogP contribution is 2.27. The second-order valence-electron chi connectivity index (χ2n) is 8.49. The van der Waals surface area contributed by atoms with E-state index in [9.17, 15) is 19.8 Å².